The lowest BCUT2D eigenvalue weighted by atomic mass is 10.4. The Bertz CT molecular complexity index is 176. The zero-order valence-corrected chi connectivity index (χ0v) is 5.81. The fourth-order valence-corrected chi connectivity index (χ4v) is 0.402. The van der Waals surface area contributed by atoms with E-state index in [4.69, 9.17) is 0 Å². The third kappa shape index (κ3) is 4.85. The molecule has 0 saturated heterocycles. The van der Waals surface area contributed by atoms with Crippen LogP contribution >= 0.6 is 0 Å². The SMILES string of the molecule is CC#CC(=O)NCCC=O. The van der Waals surface area contributed by atoms with Gasteiger partial charge in [-0.2, -0.15) is 0 Å². The van der Waals surface area contributed by atoms with E-state index in [-0.39, 0.29) is 5.91 Å². The zero-order chi connectivity index (χ0) is 7.82. The molecule has 1 amide bonds. The Balaban J connectivity index is 3.36. The lowest BCUT2D eigenvalue weighted by Gasteiger charge is -1.92. The molecule has 0 fully saturated rings. The summed E-state index contributed by atoms with van der Waals surface area (Å²) >= 11 is 0. The second-order valence-corrected chi connectivity index (χ2v) is 1.59. The van der Waals surface area contributed by atoms with Crippen molar-refractivity contribution in [3.63, 3.8) is 0 Å². The average molecular weight is 139 g/mol. The zero-order valence-electron chi connectivity index (χ0n) is 5.81. The van der Waals surface area contributed by atoms with Crippen molar-refractivity contribution in [2.45, 2.75) is 13.3 Å². The number of aldehydes is 1. The van der Waals surface area contributed by atoms with Crippen molar-refractivity contribution in [2.24, 2.45) is 0 Å². The van der Waals surface area contributed by atoms with E-state index in [0.29, 0.717) is 13.0 Å². The minimum atomic E-state index is -0.329. The number of carbonyl (C=O) groups excluding carboxylic acids is 2. The van der Waals surface area contributed by atoms with Crippen LogP contribution in [0.3, 0.4) is 0 Å². The van der Waals surface area contributed by atoms with Crippen molar-refractivity contribution in [3.05, 3.63) is 0 Å². The van der Waals surface area contributed by atoms with Crippen LogP contribution in [0.15, 0.2) is 0 Å². The molecule has 0 unspecified atom stereocenters. The van der Waals surface area contributed by atoms with Gasteiger partial charge in [0.2, 0.25) is 0 Å². The van der Waals surface area contributed by atoms with Gasteiger partial charge < -0.3 is 10.1 Å². The summed E-state index contributed by atoms with van der Waals surface area (Å²) in [5.74, 6) is 4.40. The summed E-state index contributed by atoms with van der Waals surface area (Å²) in [5, 5.41) is 2.44. The van der Waals surface area contributed by atoms with Crippen LogP contribution in [0.25, 0.3) is 0 Å². The molecule has 0 saturated carbocycles. The Labute approximate surface area is 59.8 Å². The number of nitrogens with one attached hydrogen (secondary N) is 1. The van der Waals surface area contributed by atoms with Gasteiger partial charge in [0.15, 0.2) is 0 Å². The van der Waals surface area contributed by atoms with E-state index < -0.39 is 0 Å². The summed E-state index contributed by atoms with van der Waals surface area (Å²) in [5.41, 5.74) is 0. The highest BCUT2D eigenvalue weighted by Crippen LogP contribution is 1.67. The lowest BCUT2D eigenvalue weighted by Crippen LogP contribution is -2.22. The van der Waals surface area contributed by atoms with Crippen molar-refractivity contribution in [1.82, 2.24) is 5.32 Å². The Hall–Kier alpha value is -1.30. The third-order valence-corrected chi connectivity index (χ3v) is 0.786. The molecule has 0 aliphatic rings. The van der Waals surface area contributed by atoms with Crippen molar-refractivity contribution < 1.29 is 9.59 Å². The molecule has 0 heterocycles. The number of hydrogen-bond acceptors (Lipinski definition) is 2. The van der Waals surface area contributed by atoms with Crippen LogP contribution in [0.5, 0.6) is 0 Å². The van der Waals surface area contributed by atoms with Gasteiger partial charge >= 0.3 is 0 Å². The molecular formula is C7H9NO2. The van der Waals surface area contributed by atoms with Crippen LogP contribution in [0.4, 0.5) is 0 Å². The number of rotatable bonds is 3. The maximum Gasteiger partial charge on any atom is 0.295 e. The van der Waals surface area contributed by atoms with Gasteiger partial charge in [-0.3, -0.25) is 4.79 Å². The van der Waals surface area contributed by atoms with Gasteiger partial charge in [-0.1, -0.05) is 5.92 Å². The lowest BCUT2D eigenvalue weighted by molar-refractivity contribution is -0.115. The second kappa shape index (κ2) is 5.83. The van der Waals surface area contributed by atoms with Crippen molar-refractivity contribution >= 4 is 12.2 Å². The number of carbonyl (C=O) groups is 2. The van der Waals surface area contributed by atoms with E-state index in [2.05, 4.69) is 17.2 Å². The van der Waals surface area contributed by atoms with E-state index in [9.17, 15) is 9.59 Å². The first-order valence-electron chi connectivity index (χ1n) is 2.95. The third-order valence-electron chi connectivity index (χ3n) is 0.786. The highest BCUT2D eigenvalue weighted by atomic mass is 16.1. The Morgan fingerprint density at radius 3 is 2.90 bits per heavy atom. The molecule has 0 bridgehead atoms. The normalized spacial score (nSPS) is 7.30. The fourth-order valence-electron chi connectivity index (χ4n) is 0.402. The monoisotopic (exact) mass is 139 g/mol. The number of amides is 1. The minimum Gasteiger partial charge on any atom is -0.345 e. The van der Waals surface area contributed by atoms with Gasteiger partial charge in [-0.25, -0.2) is 0 Å². The first-order valence-corrected chi connectivity index (χ1v) is 2.95. The molecule has 3 heteroatoms. The van der Waals surface area contributed by atoms with Crippen LogP contribution in [-0.4, -0.2) is 18.7 Å². The van der Waals surface area contributed by atoms with Crippen LogP contribution < -0.4 is 5.32 Å². The molecule has 0 radical (unpaired) electrons. The van der Waals surface area contributed by atoms with Gasteiger partial charge in [0.05, 0.1) is 0 Å². The summed E-state index contributed by atoms with van der Waals surface area (Å²) < 4.78 is 0. The molecule has 1 N–H and O–H groups in total. The predicted octanol–water partition coefficient (Wildman–Crippen LogP) is -0.285. The van der Waals surface area contributed by atoms with Gasteiger partial charge in [-0.15, -0.1) is 0 Å². The molecule has 0 rings (SSSR count). The maximum absolute atomic E-state index is 10.5. The highest BCUT2D eigenvalue weighted by Gasteiger charge is 1.90. The van der Waals surface area contributed by atoms with E-state index in [1.54, 1.807) is 6.92 Å². The van der Waals surface area contributed by atoms with Gasteiger partial charge in [-0.05, 0) is 12.8 Å². The van der Waals surface area contributed by atoms with Crippen LogP contribution in [0.1, 0.15) is 13.3 Å². The molecule has 0 spiro atoms. The van der Waals surface area contributed by atoms with E-state index in [1.165, 1.54) is 0 Å². The summed E-state index contributed by atoms with van der Waals surface area (Å²) in [4.78, 5) is 20.3. The summed E-state index contributed by atoms with van der Waals surface area (Å²) in [7, 11) is 0. The van der Waals surface area contributed by atoms with E-state index >= 15 is 0 Å². The molecule has 0 aromatic carbocycles. The van der Waals surface area contributed by atoms with E-state index in [0.717, 1.165) is 6.29 Å². The second-order valence-electron chi connectivity index (χ2n) is 1.59. The van der Waals surface area contributed by atoms with Crippen molar-refractivity contribution in [2.75, 3.05) is 6.54 Å². The molecule has 0 atom stereocenters. The molecule has 3 nitrogen and oxygen atoms in total. The topological polar surface area (TPSA) is 46.2 Å². The van der Waals surface area contributed by atoms with Gasteiger partial charge in [0.1, 0.15) is 6.29 Å². The van der Waals surface area contributed by atoms with Crippen molar-refractivity contribution in [1.29, 1.82) is 0 Å². The van der Waals surface area contributed by atoms with Crippen LogP contribution in [0, 0.1) is 11.8 Å². The molecular weight excluding hydrogens is 130 g/mol. The van der Waals surface area contributed by atoms with Crippen molar-refractivity contribution in [3.8, 4) is 11.8 Å². The number of hydrogen-bond donors (Lipinski definition) is 1. The van der Waals surface area contributed by atoms with Gasteiger partial charge in [0, 0.05) is 13.0 Å². The summed E-state index contributed by atoms with van der Waals surface area (Å²) in [6.07, 6.45) is 1.09. The molecule has 0 aliphatic heterocycles. The molecule has 10 heavy (non-hydrogen) atoms. The smallest absolute Gasteiger partial charge is 0.295 e. The van der Waals surface area contributed by atoms with E-state index in [1.807, 2.05) is 0 Å². The first kappa shape index (κ1) is 8.70. The largest absolute Gasteiger partial charge is 0.345 e. The molecule has 0 aliphatic carbocycles. The average Bonchev–Trinajstić information content (AvgIpc) is 1.89. The highest BCUT2D eigenvalue weighted by molar-refractivity contribution is 5.93. The molecule has 0 aromatic heterocycles. The van der Waals surface area contributed by atoms with Crippen LogP contribution in [-0.2, 0) is 9.59 Å². The molecule has 0 aromatic rings. The molecule has 54 valence electrons. The minimum absolute atomic E-state index is 0.329. The Morgan fingerprint density at radius 1 is 1.70 bits per heavy atom. The first-order chi connectivity index (χ1) is 4.81. The predicted molar refractivity (Wildman–Crippen MR) is 37.1 cm³/mol. The van der Waals surface area contributed by atoms with Crippen LogP contribution in [0.2, 0.25) is 0 Å². The maximum atomic E-state index is 10.5. The fraction of sp³-hybridized carbons (Fsp3) is 0.429. The summed E-state index contributed by atoms with van der Waals surface area (Å²) in [6, 6.07) is 0. The van der Waals surface area contributed by atoms with Gasteiger partial charge in [0.25, 0.3) is 5.91 Å². The Kier molecular flexibility index (Phi) is 5.07. The Morgan fingerprint density at radius 2 is 2.40 bits per heavy atom. The standard InChI is InChI=1S/C7H9NO2/c1-2-4-7(10)8-5-3-6-9/h6H,3,5H2,1H3,(H,8,10). The summed E-state index contributed by atoms with van der Waals surface area (Å²) in [6.45, 7) is 1.95. The quantitative estimate of drug-likeness (QED) is 0.332.